The van der Waals surface area contributed by atoms with Gasteiger partial charge in [0.05, 0.1) is 10.8 Å². The number of hydrogen-bond donors (Lipinski definition) is 0. The summed E-state index contributed by atoms with van der Waals surface area (Å²) in [6.45, 7) is 2.95. The molecule has 2 heterocycles. The van der Waals surface area contributed by atoms with Gasteiger partial charge in [0.15, 0.2) is 0 Å². The normalized spacial score (nSPS) is 15.5. The van der Waals surface area contributed by atoms with E-state index >= 15 is 0 Å². The Labute approximate surface area is 177 Å². The standard InChI is InChI=1S/C23H26N2O4S/c1-16-4-7-18(8-5-16)29-19-9-6-17-14-22(24(2)21(17)15-19)23(26)25-12-10-20(11-13-25)30(3,27)28/h4-9,14-15,20H,10-13H2,1-3H3. The van der Waals surface area contributed by atoms with Gasteiger partial charge in [-0.25, -0.2) is 8.42 Å². The van der Waals surface area contributed by atoms with Crippen molar-refractivity contribution in [2.45, 2.75) is 25.0 Å². The molecule has 3 aromatic rings. The van der Waals surface area contributed by atoms with Gasteiger partial charge >= 0.3 is 0 Å². The Morgan fingerprint density at radius 3 is 2.27 bits per heavy atom. The number of aryl methyl sites for hydroxylation is 2. The summed E-state index contributed by atoms with van der Waals surface area (Å²) in [6.07, 6.45) is 2.25. The third-order valence-corrected chi connectivity index (χ3v) is 7.51. The molecule has 2 aromatic carbocycles. The van der Waals surface area contributed by atoms with Gasteiger partial charge < -0.3 is 14.2 Å². The SMILES string of the molecule is Cc1ccc(Oc2ccc3cc(C(=O)N4CCC(S(C)(=O)=O)CC4)n(C)c3c2)cc1. The van der Waals surface area contributed by atoms with Crippen LogP contribution in [0.1, 0.15) is 28.9 Å². The van der Waals surface area contributed by atoms with E-state index in [2.05, 4.69) is 0 Å². The van der Waals surface area contributed by atoms with Crippen molar-refractivity contribution in [3.8, 4) is 11.5 Å². The van der Waals surface area contributed by atoms with Crippen LogP contribution in [0.2, 0.25) is 0 Å². The summed E-state index contributed by atoms with van der Waals surface area (Å²) in [5, 5.41) is 0.610. The van der Waals surface area contributed by atoms with Crippen LogP contribution in [-0.4, -0.2) is 48.4 Å². The van der Waals surface area contributed by atoms with Crippen molar-refractivity contribution in [1.82, 2.24) is 9.47 Å². The lowest BCUT2D eigenvalue weighted by Gasteiger charge is -2.31. The maximum atomic E-state index is 13.1. The van der Waals surface area contributed by atoms with E-state index in [0.29, 0.717) is 37.4 Å². The van der Waals surface area contributed by atoms with Crippen molar-refractivity contribution in [3.63, 3.8) is 0 Å². The van der Waals surface area contributed by atoms with Crippen molar-refractivity contribution in [1.29, 1.82) is 0 Å². The number of rotatable bonds is 4. The second-order valence-electron chi connectivity index (χ2n) is 8.05. The van der Waals surface area contributed by atoms with Gasteiger partial charge in [0.2, 0.25) is 0 Å². The van der Waals surface area contributed by atoms with Crippen LogP contribution < -0.4 is 4.74 Å². The van der Waals surface area contributed by atoms with E-state index in [4.69, 9.17) is 4.74 Å². The minimum atomic E-state index is -3.06. The zero-order valence-electron chi connectivity index (χ0n) is 17.5. The molecule has 0 saturated carbocycles. The van der Waals surface area contributed by atoms with Gasteiger partial charge in [0.25, 0.3) is 5.91 Å². The number of carbonyl (C=O) groups excluding carboxylic acids is 1. The molecule has 1 amide bonds. The number of nitrogens with zero attached hydrogens (tertiary/aromatic N) is 2. The number of ether oxygens (including phenoxy) is 1. The zero-order chi connectivity index (χ0) is 21.5. The number of benzene rings is 2. The number of sulfone groups is 1. The summed E-state index contributed by atoms with van der Waals surface area (Å²) >= 11 is 0. The maximum absolute atomic E-state index is 13.1. The van der Waals surface area contributed by atoms with E-state index in [1.807, 2.05) is 67.1 Å². The Morgan fingerprint density at radius 1 is 1.00 bits per heavy atom. The van der Waals surface area contributed by atoms with Gasteiger partial charge in [-0.3, -0.25) is 4.79 Å². The molecule has 7 heteroatoms. The second-order valence-corrected chi connectivity index (χ2v) is 10.4. The number of aromatic nitrogens is 1. The lowest BCUT2D eigenvalue weighted by Crippen LogP contribution is -2.42. The van der Waals surface area contributed by atoms with Gasteiger partial charge in [-0.1, -0.05) is 17.7 Å². The molecule has 158 valence electrons. The van der Waals surface area contributed by atoms with Gasteiger partial charge in [-0.05, 0) is 50.1 Å². The smallest absolute Gasteiger partial charge is 0.270 e. The van der Waals surface area contributed by atoms with Crippen molar-refractivity contribution in [3.05, 3.63) is 59.8 Å². The summed E-state index contributed by atoms with van der Waals surface area (Å²) in [6, 6.07) is 15.5. The molecule has 6 nitrogen and oxygen atoms in total. The fraction of sp³-hybridized carbons (Fsp3) is 0.348. The first-order valence-corrected chi connectivity index (χ1v) is 12.0. The van der Waals surface area contributed by atoms with Crippen molar-refractivity contribution >= 4 is 26.6 Å². The second kappa shape index (κ2) is 7.80. The minimum Gasteiger partial charge on any atom is -0.457 e. The average molecular weight is 427 g/mol. The Balaban J connectivity index is 1.54. The molecule has 0 unspecified atom stereocenters. The quantitative estimate of drug-likeness (QED) is 0.634. The third-order valence-electron chi connectivity index (χ3n) is 5.83. The first-order valence-electron chi connectivity index (χ1n) is 10.0. The molecule has 0 bridgehead atoms. The van der Waals surface area contributed by atoms with Crippen LogP contribution in [0.4, 0.5) is 0 Å². The Kier molecular flexibility index (Phi) is 5.32. The number of carbonyl (C=O) groups is 1. The fourth-order valence-electron chi connectivity index (χ4n) is 3.97. The van der Waals surface area contributed by atoms with Crippen molar-refractivity contribution in [2.24, 2.45) is 7.05 Å². The predicted molar refractivity (Wildman–Crippen MR) is 118 cm³/mol. The largest absolute Gasteiger partial charge is 0.457 e. The van der Waals surface area contributed by atoms with Crippen LogP contribution in [-0.2, 0) is 16.9 Å². The van der Waals surface area contributed by atoms with Gasteiger partial charge in [-0.15, -0.1) is 0 Å². The Morgan fingerprint density at radius 2 is 1.63 bits per heavy atom. The van der Waals surface area contributed by atoms with E-state index in [1.165, 1.54) is 11.8 Å². The Bertz CT molecular complexity index is 1190. The molecule has 1 aliphatic rings. The number of piperidine rings is 1. The number of hydrogen-bond acceptors (Lipinski definition) is 4. The Hall–Kier alpha value is -2.80. The highest BCUT2D eigenvalue weighted by molar-refractivity contribution is 7.91. The van der Waals surface area contributed by atoms with E-state index in [-0.39, 0.29) is 11.2 Å². The summed E-state index contributed by atoms with van der Waals surface area (Å²) in [4.78, 5) is 14.8. The molecule has 4 rings (SSSR count). The molecular formula is C23H26N2O4S. The molecule has 1 saturated heterocycles. The number of amides is 1. The lowest BCUT2D eigenvalue weighted by atomic mass is 10.1. The monoisotopic (exact) mass is 426 g/mol. The van der Waals surface area contributed by atoms with E-state index < -0.39 is 9.84 Å². The molecular weight excluding hydrogens is 400 g/mol. The molecule has 0 spiro atoms. The first kappa shape index (κ1) is 20.5. The van der Waals surface area contributed by atoms with Crippen LogP contribution in [0.3, 0.4) is 0 Å². The minimum absolute atomic E-state index is 0.0679. The van der Waals surface area contributed by atoms with E-state index in [9.17, 15) is 13.2 Å². The summed E-state index contributed by atoms with van der Waals surface area (Å²) in [7, 11) is -1.19. The maximum Gasteiger partial charge on any atom is 0.270 e. The average Bonchev–Trinajstić information content (AvgIpc) is 3.05. The van der Waals surface area contributed by atoms with Crippen LogP contribution in [0.25, 0.3) is 10.9 Å². The van der Waals surface area contributed by atoms with Gasteiger partial charge in [0.1, 0.15) is 27.0 Å². The number of likely N-dealkylation sites (tertiary alicyclic amines) is 1. The van der Waals surface area contributed by atoms with Crippen molar-refractivity contribution in [2.75, 3.05) is 19.3 Å². The molecule has 1 fully saturated rings. The van der Waals surface area contributed by atoms with Crippen LogP contribution >= 0.6 is 0 Å². The van der Waals surface area contributed by atoms with E-state index in [0.717, 1.165) is 16.7 Å². The van der Waals surface area contributed by atoms with Gasteiger partial charge in [-0.2, -0.15) is 0 Å². The molecule has 0 aliphatic carbocycles. The van der Waals surface area contributed by atoms with Crippen LogP contribution in [0, 0.1) is 6.92 Å². The highest BCUT2D eigenvalue weighted by Crippen LogP contribution is 2.29. The summed E-state index contributed by atoms with van der Waals surface area (Å²) < 4.78 is 31.4. The highest BCUT2D eigenvalue weighted by Gasteiger charge is 2.30. The summed E-state index contributed by atoms with van der Waals surface area (Å²) in [5.74, 6) is 1.40. The zero-order valence-corrected chi connectivity index (χ0v) is 18.3. The summed E-state index contributed by atoms with van der Waals surface area (Å²) in [5.41, 5.74) is 2.67. The number of fused-ring (bicyclic) bond motifs is 1. The van der Waals surface area contributed by atoms with Crippen LogP contribution in [0.5, 0.6) is 11.5 Å². The van der Waals surface area contributed by atoms with Crippen molar-refractivity contribution < 1.29 is 17.9 Å². The molecule has 0 N–H and O–H groups in total. The topological polar surface area (TPSA) is 68.6 Å². The highest BCUT2D eigenvalue weighted by atomic mass is 32.2. The molecule has 0 radical (unpaired) electrons. The fourth-order valence-corrected chi connectivity index (χ4v) is 5.04. The first-order chi connectivity index (χ1) is 14.2. The van der Waals surface area contributed by atoms with Crippen LogP contribution in [0.15, 0.2) is 48.5 Å². The third kappa shape index (κ3) is 4.07. The predicted octanol–water partition coefficient (Wildman–Crippen LogP) is 3.93. The molecule has 1 aliphatic heterocycles. The molecule has 0 atom stereocenters. The van der Waals surface area contributed by atoms with E-state index in [1.54, 1.807) is 4.90 Å². The lowest BCUT2D eigenvalue weighted by molar-refractivity contribution is 0.0716. The molecule has 1 aromatic heterocycles. The molecule has 30 heavy (non-hydrogen) atoms. The van der Waals surface area contributed by atoms with Gasteiger partial charge in [0, 0.05) is 37.8 Å².